The Morgan fingerprint density at radius 3 is 1.73 bits per heavy atom. The SMILES string of the molecule is CC(C)(C)CCC(=O)NCCSSCCNC(=O)CC[N-]C(C)(C)C.[Co]. The predicted octanol–water partition coefficient (Wildman–Crippen LogP) is 3.99. The van der Waals surface area contributed by atoms with Gasteiger partial charge in [-0.3, -0.25) is 9.59 Å². The van der Waals surface area contributed by atoms with Crippen LogP contribution in [0.15, 0.2) is 0 Å². The summed E-state index contributed by atoms with van der Waals surface area (Å²) in [6.07, 6.45) is 1.95. The third-order valence-corrected chi connectivity index (χ3v) is 5.53. The normalized spacial score (nSPS) is 11.6. The summed E-state index contributed by atoms with van der Waals surface area (Å²) >= 11 is 0. The van der Waals surface area contributed by atoms with Crippen LogP contribution in [0.3, 0.4) is 0 Å². The minimum atomic E-state index is -0.0745. The molecule has 0 aliphatic rings. The standard InChI is InChI=1S/C18H36N3O2S2.Co/c1-17(2,3)9-7-15(22)19-11-13-24-25-14-12-20-16(23)8-10-21-18(4,5)6;/h7-14H2,1-6H3,(H,19,22)(H,20,23);/q-1;. The fourth-order valence-corrected chi connectivity index (χ4v) is 3.55. The molecule has 0 unspecified atom stereocenters. The molecule has 0 aromatic rings. The van der Waals surface area contributed by atoms with Crippen LogP contribution in [-0.4, -0.2) is 48.5 Å². The quantitative estimate of drug-likeness (QED) is 0.349. The van der Waals surface area contributed by atoms with Gasteiger partial charge in [0.1, 0.15) is 0 Å². The fourth-order valence-electron chi connectivity index (χ4n) is 1.74. The first-order chi connectivity index (χ1) is 11.5. The number of hydrogen-bond donors (Lipinski definition) is 2. The molecule has 0 aromatic heterocycles. The Hall–Kier alpha value is 0.106. The van der Waals surface area contributed by atoms with Gasteiger partial charge in [-0.15, -0.1) is 12.1 Å². The summed E-state index contributed by atoms with van der Waals surface area (Å²) in [6, 6.07) is 0. The molecule has 0 saturated carbocycles. The minimum Gasteiger partial charge on any atom is -0.657 e. The van der Waals surface area contributed by atoms with Crippen LogP contribution in [0.25, 0.3) is 5.32 Å². The van der Waals surface area contributed by atoms with Gasteiger partial charge in [0, 0.05) is 54.2 Å². The molecular weight excluding hydrogens is 413 g/mol. The number of amides is 2. The van der Waals surface area contributed by atoms with Crippen LogP contribution in [0.4, 0.5) is 0 Å². The Labute approximate surface area is 178 Å². The van der Waals surface area contributed by atoms with Crippen LogP contribution in [-0.2, 0) is 26.4 Å². The van der Waals surface area contributed by atoms with Gasteiger partial charge in [-0.25, -0.2) is 0 Å². The van der Waals surface area contributed by atoms with E-state index in [-0.39, 0.29) is 39.5 Å². The van der Waals surface area contributed by atoms with Crippen molar-refractivity contribution in [2.75, 3.05) is 31.1 Å². The second kappa shape index (κ2) is 15.1. The first kappa shape index (κ1) is 28.3. The summed E-state index contributed by atoms with van der Waals surface area (Å²) in [5, 5.41) is 10.3. The van der Waals surface area contributed by atoms with E-state index in [1.54, 1.807) is 21.6 Å². The van der Waals surface area contributed by atoms with Gasteiger partial charge in [-0.05, 0) is 11.8 Å². The molecular formula is C18H36CoN3O2S2-. The molecule has 5 nitrogen and oxygen atoms in total. The first-order valence-electron chi connectivity index (χ1n) is 8.96. The van der Waals surface area contributed by atoms with Crippen LogP contribution < -0.4 is 10.6 Å². The number of hydrogen-bond acceptors (Lipinski definition) is 4. The molecule has 26 heavy (non-hydrogen) atoms. The molecule has 0 spiro atoms. The molecule has 0 heterocycles. The van der Waals surface area contributed by atoms with Crippen molar-refractivity contribution in [1.82, 2.24) is 10.6 Å². The number of carbonyl (C=O) groups is 2. The van der Waals surface area contributed by atoms with Crippen molar-refractivity contribution in [3.05, 3.63) is 5.32 Å². The number of rotatable bonds is 12. The van der Waals surface area contributed by atoms with E-state index in [4.69, 9.17) is 0 Å². The Balaban J connectivity index is 0. The Morgan fingerprint density at radius 1 is 0.846 bits per heavy atom. The Morgan fingerprint density at radius 2 is 1.31 bits per heavy atom. The molecule has 8 heteroatoms. The number of nitrogens with zero attached hydrogens (tertiary/aromatic N) is 1. The van der Waals surface area contributed by atoms with E-state index >= 15 is 0 Å². The van der Waals surface area contributed by atoms with Crippen LogP contribution >= 0.6 is 21.6 Å². The molecule has 0 aliphatic heterocycles. The third-order valence-electron chi connectivity index (χ3n) is 3.13. The monoisotopic (exact) mass is 449 g/mol. The van der Waals surface area contributed by atoms with E-state index in [1.807, 2.05) is 20.8 Å². The van der Waals surface area contributed by atoms with Crippen LogP contribution in [0.2, 0.25) is 0 Å². The van der Waals surface area contributed by atoms with E-state index in [0.717, 1.165) is 17.9 Å². The van der Waals surface area contributed by atoms with Gasteiger partial charge in [-0.1, -0.05) is 63.1 Å². The summed E-state index contributed by atoms with van der Waals surface area (Å²) in [5.74, 6) is 1.94. The molecule has 0 aromatic carbocycles. The van der Waals surface area contributed by atoms with Crippen molar-refractivity contribution in [2.24, 2.45) is 5.41 Å². The maximum atomic E-state index is 11.7. The topological polar surface area (TPSA) is 72.3 Å². The van der Waals surface area contributed by atoms with E-state index in [9.17, 15) is 9.59 Å². The molecule has 0 atom stereocenters. The van der Waals surface area contributed by atoms with Gasteiger partial charge in [0.2, 0.25) is 11.8 Å². The van der Waals surface area contributed by atoms with Crippen molar-refractivity contribution in [2.45, 2.75) is 66.3 Å². The molecule has 157 valence electrons. The molecule has 2 amide bonds. The van der Waals surface area contributed by atoms with Gasteiger partial charge in [-0.2, -0.15) is 0 Å². The first-order valence-corrected chi connectivity index (χ1v) is 11.4. The zero-order valence-corrected chi connectivity index (χ0v) is 19.7. The molecule has 0 saturated heterocycles. The molecule has 0 rings (SSSR count). The average molecular weight is 450 g/mol. The second-order valence-electron chi connectivity index (χ2n) is 8.21. The molecule has 0 aliphatic carbocycles. The summed E-state index contributed by atoms with van der Waals surface area (Å²) < 4.78 is 0. The zero-order valence-electron chi connectivity index (χ0n) is 17.1. The molecule has 1 radical (unpaired) electrons. The number of carbonyl (C=O) groups excluding carboxylic acids is 2. The van der Waals surface area contributed by atoms with Crippen molar-refractivity contribution in [3.8, 4) is 0 Å². The van der Waals surface area contributed by atoms with E-state index < -0.39 is 0 Å². The second-order valence-corrected chi connectivity index (χ2v) is 10.9. The van der Waals surface area contributed by atoms with Crippen molar-refractivity contribution in [3.63, 3.8) is 0 Å². The van der Waals surface area contributed by atoms with Gasteiger partial charge in [0.15, 0.2) is 0 Å². The largest absolute Gasteiger partial charge is 0.657 e. The summed E-state index contributed by atoms with van der Waals surface area (Å²) in [4.78, 5) is 23.3. The number of nitrogens with one attached hydrogen (secondary N) is 2. The van der Waals surface area contributed by atoms with E-state index in [1.165, 1.54) is 0 Å². The van der Waals surface area contributed by atoms with Crippen molar-refractivity contribution < 1.29 is 26.4 Å². The molecule has 0 bridgehead atoms. The molecule has 0 fully saturated rings. The smallest absolute Gasteiger partial charge is 0.220 e. The summed E-state index contributed by atoms with van der Waals surface area (Å²) in [6.45, 7) is 14.5. The van der Waals surface area contributed by atoms with Crippen LogP contribution in [0, 0.1) is 5.41 Å². The van der Waals surface area contributed by atoms with Crippen molar-refractivity contribution in [1.29, 1.82) is 0 Å². The average Bonchev–Trinajstić information content (AvgIpc) is 2.45. The minimum absolute atomic E-state index is 0. The van der Waals surface area contributed by atoms with Gasteiger partial charge in [0.25, 0.3) is 0 Å². The molecule has 2 N–H and O–H groups in total. The zero-order chi connectivity index (χ0) is 19.3. The maximum absolute atomic E-state index is 11.7. The van der Waals surface area contributed by atoms with Gasteiger partial charge < -0.3 is 16.0 Å². The van der Waals surface area contributed by atoms with Crippen LogP contribution in [0.1, 0.15) is 60.8 Å². The Bertz CT molecular complexity index is 397. The van der Waals surface area contributed by atoms with Gasteiger partial charge in [0.05, 0.1) is 0 Å². The maximum Gasteiger partial charge on any atom is 0.220 e. The summed E-state index contributed by atoms with van der Waals surface area (Å²) in [7, 11) is 3.44. The fraction of sp³-hybridized carbons (Fsp3) is 0.889. The Kier molecular flexibility index (Phi) is 16.4. The van der Waals surface area contributed by atoms with Gasteiger partial charge >= 0.3 is 0 Å². The summed E-state index contributed by atoms with van der Waals surface area (Å²) in [5.41, 5.74) is 0.127. The van der Waals surface area contributed by atoms with Crippen molar-refractivity contribution >= 4 is 33.4 Å². The predicted molar refractivity (Wildman–Crippen MR) is 112 cm³/mol. The van der Waals surface area contributed by atoms with E-state index in [2.05, 4.69) is 36.7 Å². The van der Waals surface area contributed by atoms with E-state index in [0.29, 0.717) is 32.5 Å². The third kappa shape index (κ3) is 22.1. The van der Waals surface area contributed by atoms with Crippen LogP contribution in [0.5, 0.6) is 0 Å².